The SMILES string of the molecule is N#Cc1ccccc1NC(=O)CCN1CCOC(c2ccc(F)cc2)C1. The first-order valence-electron chi connectivity index (χ1n) is 8.54. The van der Waals surface area contributed by atoms with E-state index in [0.29, 0.717) is 37.4 Å². The molecule has 2 aromatic carbocycles. The molecule has 0 aliphatic carbocycles. The Morgan fingerprint density at radius 2 is 2.04 bits per heavy atom. The van der Waals surface area contributed by atoms with Gasteiger partial charge >= 0.3 is 0 Å². The summed E-state index contributed by atoms with van der Waals surface area (Å²) in [5.74, 6) is -0.395. The van der Waals surface area contributed by atoms with Crippen LogP contribution in [-0.2, 0) is 9.53 Å². The van der Waals surface area contributed by atoms with Gasteiger partial charge in [-0.3, -0.25) is 9.69 Å². The molecule has 1 aliphatic rings. The van der Waals surface area contributed by atoms with E-state index in [0.717, 1.165) is 12.1 Å². The number of anilines is 1. The van der Waals surface area contributed by atoms with Crippen molar-refractivity contribution in [3.63, 3.8) is 0 Å². The summed E-state index contributed by atoms with van der Waals surface area (Å²) in [4.78, 5) is 14.4. The van der Waals surface area contributed by atoms with E-state index >= 15 is 0 Å². The number of benzene rings is 2. The first-order chi connectivity index (χ1) is 12.7. The van der Waals surface area contributed by atoms with Crippen molar-refractivity contribution < 1.29 is 13.9 Å². The van der Waals surface area contributed by atoms with E-state index in [1.807, 2.05) is 0 Å². The van der Waals surface area contributed by atoms with Gasteiger partial charge in [0.15, 0.2) is 0 Å². The quantitative estimate of drug-likeness (QED) is 0.897. The number of nitrogens with one attached hydrogen (secondary N) is 1. The van der Waals surface area contributed by atoms with E-state index < -0.39 is 0 Å². The van der Waals surface area contributed by atoms with E-state index in [4.69, 9.17) is 10.00 Å². The zero-order chi connectivity index (χ0) is 18.4. The number of halogens is 1. The normalized spacial score (nSPS) is 17.5. The van der Waals surface area contributed by atoms with Gasteiger partial charge < -0.3 is 10.1 Å². The molecule has 26 heavy (non-hydrogen) atoms. The summed E-state index contributed by atoms with van der Waals surface area (Å²) in [7, 11) is 0. The number of nitrogens with zero attached hydrogens (tertiary/aromatic N) is 2. The van der Waals surface area contributed by atoms with Crippen LogP contribution in [0, 0.1) is 17.1 Å². The fourth-order valence-corrected chi connectivity index (χ4v) is 2.95. The van der Waals surface area contributed by atoms with E-state index in [1.165, 1.54) is 12.1 Å². The van der Waals surface area contributed by atoms with Gasteiger partial charge in [0.05, 0.1) is 24.0 Å². The predicted molar refractivity (Wildman–Crippen MR) is 95.9 cm³/mol. The maximum atomic E-state index is 13.1. The molecule has 3 rings (SSSR count). The number of amides is 1. The molecule has 1 fully saturated rings. The molecule has 5 nitrogen and oxygen atoms in total. The van der Waals surface area contributed by atoms with Gasteiger partial charge in [-0.15, -0.1) is 0 Å². The molecule has 1 atom stereocenters. The molecule has 1 heterocycles. The summed E-state index contributed by atoms with van der Waals surface area (Å²) in [6, 6.07) is 15.3. The van der Waals surface area contributed by atoms with Gasteiger partial charge in [0, 0.05) is 26.1 Å². The van der Waals surface area contributed by atoms with E-state index in [2.05, 4.69) is 16.3 Å². The Hall–Kier alpha value is -2.75. The smallest absolute Gasteiger partial charge is 0.225 e. The molecule has 0 radical (unpaired) electrons. The Bertz CT molecular complexity index is 801. The van der Waals surface area contributed by atoms with Crippen LogP contribution in [0.4, 0.5) is 10.1 Å². The molecular formula is C20H20FN3O2. The van der Waals surface area contributed by atoms with Crippen molar-refractivity contribution in [2.75, 3.05) is 31.6 Å². The Morgan fingerprint density at radius 1 is 1.27 bits per heavy atom. The molecule has 1 N–H and O–H groups in total. The van der Waals surface area contributed by atoms with Gasteiger partial charge in [-0.25, -0.2) is 4.39 Å². The van der Waals surface area contributed by atoms with Gasteiger partial charge in [-0.2, -0.15) is 5.26 Å². The average molecular weight is 353 g/mol. The van der Waals surface area contributed by atoms with E-state index in [9.17, 15) is 9.18 Å². The van der Waals surface area contributed by atoms with Crippen LogP contribution in [0.5, 0.6) is 0 Å². The van der Waals surface area contributed by atoms with Crippen molar-refractivity contribution in [3.8, 4) is 6.07 Å². The summed E-state index contributed by atoms with van der Waals surface area (Å²) in [6.45, 7) is 2.58. The lowest BCUT2D eigenvalue weighted by Gasteiger charge is -2.33. The summed E-state index contributed by atoms with van der Waals surface area (Å²) in [5, 5.41) is 11.9. The number of carbonyl (C=O) groups excluding carboxylic acids is 1. The van der Waals surface area contributed by atoms with Crippen LogP contribution < -0.4 is 5.32 Å². The lowest BCUT2D eigenvalue weighted by molar-refractivity contribution is -0.117. The number of nitriles is 1. The fourth-order valence-electron chi connectivity index (χ4n) is 2.95. The van der Waals surface area contributed by atoms with Crippen molar-refractivity contribution in [1.29, 1.82) is 5.26 Å². The van der Waals surface area contributed by atoms with Gasteiger partial charge in [-0.1, -0.05) is 24.3 Å². The Kier molecular flexibility index (Phi) is 5.95. The molecule has 0 aromatic heterocycles. The Morgan fingerprint density at radius 3 is 2.81 bits per heavy atom. The number of hydrogen-bond donors (Lipinski definition) is 1. The molecule has 1 saturated heterocycles. The summed E-state index contributed by atoms with van der Waals surface area (Å²) in [6.07, 6.45) is 0.210. The maximum absolute atomic E-state index is 13.1. The number of carbonyl (C=O) groups is 1. The second-order valence-corrected chi connectivity index (χ2v) is 6.17. The van der Waals surface area contributed by atoms with Crippen LogP contribution in [0.3, 0.4) is 0 Å². The van der Waals surface area contributed by atoms with Crippen LogP contribution in [-0.4, -0.2) is 37.0 Å². The van der Waals surface area contributed by atoms with Crippen molar-refractivity contribution in [2.45, 2.75) is 12.5 Å². The van der Waals surface area contributed by atoms with E-state index in [1.54, 1.807) is 36.4 Å². The molecule has 0 bridgehead atoms. The number of hydrogen-bond acceptors (Lipinski definition) is 4. The highest BCUT2D eigenvalue weighted by atomic mass is 19.1. The zero-order valence-electron chi connectivity index (χ0n) is 14.3. The van der Waals surface area contributed by atoms with Crippen molar-refractivity contribution >= 4 is 11.6 Å². The molecule has 2 aromatic rings. The first-order valence-corrected chi connectivity index (χ1v) is 8.54. The summed E-state index contributed by atoms with van der Waals surface area (Å²) in [5.41, 5.74) is 1.92. The lowest BCUT2D eigenvalue weighted by Crippen LogP contribution is -2.39. The summed E-state index contributed by atoms with van der Waals surface area (Å²) >= 11 is 0. The third kappa shape index (κ3) is 4.66. The Labute approximate surface area is 152 Å². The van der Waals surface area contributed by atoms with Crippen molar-refractivity contribution in [3.05, 3.63) is 65.5 Å². The second-order valence-electron chi connectivity index (χ2n) is 6.17. The molecular weight excluding hydrogens is 333 g/mol. The molecule has 0 saturated carbocycles. The Balaban J connectivity index is 1.52. The minimum Gasteiger partial charge on any atom is -0.371 e. The molecule has 1 unspecified atom stereocenters. The third-order valence-corrected chi connectivity index (χ3v) is 4.37. The van der Waals surface area contributed by atoms with Crippen LogP contribution >= 0.6 is 0 Å². The van der Waals surface area contributed by atoms with Crippen molar-refractivity contribution in [1.82, 2.24) is 4.90 Å². The fraction of sp³-hybridized carbons (Fsp3) is 0.300. The highest BCUT2D eigenvalue weighted by Crippen LogP contribution is 2.22. The minimum atomic E-state index is -0.268. The molecule has 0 spiro atoms. The largest absolute Gasteiger partial charge is 0.371 e. The summed E-state index contributed by atoms with van der Waals surface area (Å²) < 4.78 is 18.8. The maximum Gasteiger partial charge on any atom is 0.225 e. The van der Waals surface area contributed by atoms with Crippen LogP contribution in [0.25, 0.3) is 0 Å². The number of para-hydroxylation sites is 1. The number of morpholine rings is 1. The first kappa shape index (κ1) is 18.1. The van der Waals surface area contributed by atoms with Crippen LogP contribution in [0.2, 0.25) is 0 Å². The van der Waals surface area contributed by atoms with Gasteiger partial charge in [0.25, 0.3) is 0 Å². The number of rotatable bonds is 5. The second kappa shape index (κ2) is 8.56. The van der Waals surface area contributed by atoms with Crippen LogP contribution in [0.15, 0.2) is 48.5 Å². The highest BCUT2D eigenvalue weighted by Gasteiger charge is 2.22. The highest BCUT2D eigenvalue weighted by molar-refractivity contribution is 5.92. The monoisotopic (exact) mass is 353 g/mol. The predicted octanol–water partition coefficient (Wildman–Crippen LogP) is 3.10. The van der Waals surface area contributed by atoms with E-state index in [-0.39, 0.29) is 17.8 Å². The van der Waals surface area contributed by atoms with Crippen LogP contribution in [0.1, 0.15) is 23.7 Å². The topological polar surface area (TPSA) is 65.4 Å². The standard InChI is InChI=1S/C20H20FN3O2/c21-17-7-5-15(6-8-17)19-14-24(11-12-26-19)10-9-20(25)23-18-4-2-1-3-16(18)13-22/h1-8,19H,9-12,14H2,(H,23,25). The van der Waals surface area contributed by atoms with Gasteiger partial charge in [-0.05, 0) is 29.8 Å². The average Bonchev–Trinajstić information content (AvgIpc) is 2.67. The minimum absolute atomic E-state index is 0.119. The number of ether oxygens (including phenoxy) is 1. The van der Waals surface area contributed by atoms with Gasteiger partial charge in [0.1, 0.15) is 11.9 Å². The molecule has 134 valence electrons. The molecule has 1 aliphatic heterocycles. The van der Waals surface area contributed by atoms with Crippen molar-refractivity contribution in [2.24, 2.45) is 0 Å². The lowest BCUT2D eigenvalue weighted by atomic mass is 10.1. The zero-order valence-corrected chi connectivity index (χ0v) is 14.3. The molecule has 1 amide bonds. The van der Waals surface area contributed by atoms with Gasteiger partial charge in [0.2, 0.25) is 5.91 Å². The molecule has 6 heteroatoms. The third-order valence-electron chi connectivity index (χ3n) is 4.37.